The van der Waals surface area contributed by atoms with Gasteiger partial charge in [-0.3, -0.25) is 0 Å². The van der Waals surface area contributed by atoms with Crippen LogP contribution in [0.1, 0.15) is 42.3 Å². The molecule has 0 saturated heterocycles. The second-order valence-electron chi connectivity index (χ2n) is 7.33. The van der Waals surface area contributed by atoms with Gasteiger partial charge in [-0.25, -0.2) is 17.5 Å². The highest BCUT2D eigenvalue weighted by Crippen LogP contribution is 2.22. The fraction of sp³-hybridized carbons (Fsp3) is 0.350. The van der Waals surface area contributed by atoms with Crippen molar-refractivity contribution >= 4 is 16.0 Å². The molecule has 0 spiro atoms. The van der Waals surface area contributed by atoms with E-state index in [1.165, 1.54) is 43.9 Å². The number of rotatable bonds is 5. The SMILES string of the molecule is CN(C)S(=O)(=O)c1ccc(C(=O)OCc2ccc(C(C)(C)C)cc2)cc1. The van der Waals surface area contributed by atoms with E-state index in [1.807, 2.05) is 24.3 Å². The predicted octanol–water partition coefficient (Wildman–Crippen LogP) is 3.59. The second-order valence-corrected chi connectivity index (χ2v) is 9.49. The summed E-state index contributed by atoms with van der Waals surface area (Å²) in [7, 11) is -0.588. The zero-order chi connectivity index (χ0) is 19.5. The highest BCUT2D eigenvalue weighted by Gasteiger charge is 2.18. The standard InChI is InChI=1S/C20H25NO4S/c1-20(2,3)17-10-6-15(7-11-17)14-25-19(22)16-8-12-18(13-9-16)26(23,24)21(4)5/h6-13H,14H2,1-5H3. The van der Waals surface area contributed by atoms with Crippen LogP contribution in [0.5, 0.6) is 0 Å². The van der Waals surface area contributed by atoms with Crippen molar-refractivity contribution in [3.05, 3.63) is 65.2 Å². The molecule has 0 aromatic heterocycles. The summed E-state index contributed by atoms with van der Waals surface area (Å²) in [4.78, 5) is 12.3. The molecule has 0 N–H and O–H groups in total. The molecule has 0 bridgehead atoms. The van der Waals surface area contributed by atoms with Gasteiger partial charge in [-0.05, 0) is 40.8 Å². The summed E-state index contributed by atoms with van der Waals surface area (Å²) >= 11 is 0. The number of carbonyl (C=O) groups excluding carboxylic acids is 1. The third kappa shape index (κ3) is 4.71. The highest BCUT2D eigenvalue weighted by atomic mass is 32.2. The molecular weight excluding hydrogens is 350 g/mol. The number of sulfonamides is 1. The van der Waals surface area contributed by atoms with Crippen LogP contribution < -0.4 is 0 Å². The molecule has 0 atom stereocenters. The molecular formula is C20H25NO4S. The monoisotopic (exact) mass is 375 g/mol. The van der Waals surface area contributed by atoms with Gasteiger partial charge in [-0.15, -0.1) is 0 Å². The summed E-state index contributed by atoms with van der Waals surface area (Å²) in [6, 6.07) is 13.7. The number of benzene rings is 2. The van der Waals surface area contributed by atoms with Crippen LogP contribution in [-0.2, 0) is 26.8 Å². The van der Waals surface area contributed by atoms with E-state index in [2.05, 4.69) is 20.8 Å². The average molecular weight is 375 g/mol. The maximum Gasteiger partial charge on any atom is 0.338 e. The summed E-state index contributed by atoms with van der Waals surface area (Å²) in [5.41, 5.74) is 2.50. The number of hydrogen-bond acceptors (Lipinski definition) is 4. The van der Waals surface area contributed by atoms with Gasteiger partial charge < -0.3 is 4.74 Å². The summed E-state index contributed by atoms with van der Waals surface area (Å²) in [6.45, 7) is 6.59. The average Bonchev–Trinajstić information content (AvgIpc) is 2.59. The normalized spacial score (nSPS) is 12.2. The summed E-state index contributed by atoms with van der Waals surface area (Å²) in [5, 5.41) is 0. The smallest absolute Gasteiger partial charge is 0.338 e. The van der Waals surface area contributed by atoms with Gasteiger partial charge in [0.15, 0.2) is 0 Å². The van der Waals surface area contributed by atoms with Crippen molar-refractivity contribution in [3.8, 4) is 0 Å². The van der Waals surface area contributed by atoms with E-state index in [9.17, 15) is 13.2 Å². The van der Waals surface area contributed by atoms with Gasteiger partial charge in [0.05, 0.1) is 10.5 Å². The van der Waals surface area contributed by atoms with Crippen molar-refractivity contribution in [2.75, 3.05) is 14.1 Å². The van der Waals surface area contributed by atoms with E-state index in [-0.39, 0.29) is 16.9 Å². The van der Waals surface area contributed by atoms with Crippen LogP contribution in [0.15, 0.2) is 53.4 Å². The van der Waals surface area contributed by atoms with Crippen LogP contribution >= 0.6 is 0 Å². The number of carbonyl (C=O) groups is 1. The van der Waals surface area contributed by atoms with Crippen LogP contribution in [0.4, 0.5) is 0 Å². The Morgan fingerprint density at radius 1 is 0.962 bits per heavy atom. The Balaban J connectivity index is 2.02. The van der Waals surface area contributed by atoms with Crippen LogP contribution in [0.2, 0.25) is 0 Å². The molecule has 0 saturated carbocycles. The van der Waals surface area contributed by atoms with E-state index in [4.69, 9.17) is 4.74 Å². The molecule has 6 heteroatoms. The number of ether oxygens (including phenoxy) is 1. The molecule has 0 unspecified atom stereocenters. The Labute approximate surface area is 155 Å². The molecule has 2 rings (SSSR count). The zero-order valence-corrected chi connectivity index (χ0v) is 16.6. The van der Waals surface area contributed by atoms with Gasteiger partial charge in [-0.2, -0.15) is 0 Å². The van der Waals surface area contributed by atoms with E-state index >= 15 is 0 Å². The van der Waals surface area contributed by atoms with Crippen LogP contribution in [0.25, 0.3) is 0 Å². The van der Waals surface area contributed by atoms with Gasteiger partial charge >= 0.3 is 5.97 Å². The lowest BCUT2D eigenvalue weighted by atomic mass is 9.87. The van der Waals surface area contributed by atoms with E-state index in [1.54, 1.807) is 0 Å². The van der Waals surface area contributed by atoms with Crippen molar-refractivity contribution in [3.63, 3.8) is 0 Å². The van der Waals surface area contributed by atoms with E-state index in [0.717, 1.165) is 9.87 Å². The summed E-state index contributed by atoms with van der Waals surface area (Å²) < 4.78 is 30.5. The van der Waals surface area contributed by atoms with Crippen molar-refractivity contribution in [2.24, 2.45) is 0 Å². The third-order valence-electron chi connectivity index (χ3n) is 4.06. The number of esters is 1. The predicted molar refractivity (Wildman–Crippen MR) is 102 cm³/mol. The van der Waals surface area contributed by atoms with Crippen molar-refractivity contribution in [1.29, 1.82) is 0 Å². The molecule has 26 heavy (non-hydrogen) atoms. The molecule has 0 radical (unpaired) electrons. The second kappa shape index (κ2) is 7.60. The highest BCUT2D eigenvalue weighted by molar-refractivity contribution is 7.89. The maximum atomic E-state index is 12.2. The van der Waals surface area contributed by atoms with Gasteiger partial charge in [0, 0.05) is 14.1 Å². The molecule has 0 heterocycles. The fourth-order valence-electron chi connectivity index (χ4n) is 2.31. The van der Waals surface area contributed by atoms with Gasteiger partial charge in [0.2, 0.25) is 10.0 Å². The number of nitrogens with zero attached hydrogens (tertiary/aromatic N) is 1. The Morgan fingerprint density at radius 2 is 1.50 bits per heavy atom. The Morgan fingerprint density at radius 3 is 1.96 bits per heavy atom. The summed E-state index contributed by atoms with van der Waals surface area (Å²) in [5.74, 6) is -0.487. The zero-order valence-electron chi connectivity index (χ0n) is 15.8. The van der Waals surface area contributed by atoms with E-state index < -0.39 is 16.0 Å². The number of hydrogen-bond donors (Lipinski definition) is 0. The van der Waals surface area contributed by atoms with Gasteiger partial charge in [0.1, 0.15) is 6.61 Å². The molecule has 0 amide bonds. The topological polar surface area (TPSA) is 63.7 Å². The molecule has 2 aromatic rings. The minimum absolute atomic E-state index is 0.0733. The first kappa shape index (κ1) is 20.1. The molecule has 5 nitrogen and oxygen atoms in total. The fourth-order valence-corrected chi connectivity index (χ4v) is 3.21. The van der Waals surface area contributed by atoms with Crippen LogP contribution in [-0.4, -0.2) is 32.8 Å². The first-order valence-corrected chi connectivity index (χ1v) is 9.75. The molecule has 2 aromatic carbocycles. The summed E-state index contributed by atoms with van der Waals surface area (Å²) in [6.07, 6.45) is 0. The quantitative estimate of drug-likeness (QED) is 0.749. The Hall–Kier alpha value is -2.18. The lowest BCUT2D eigenvalue weighted by molar-refractivity contribution is 0.0472. The maximum absolute atomic E-state index is 12.2. The lowest BCUT2D eigenvalue weighted by Crippen LogP contribution is -2.22. The molecule has 0 aliphatic rings. The first-order chi connectivity index (χ1) is 12.0. The van der Waals surface area contributed by atoms with Crippen molar-refractivity contribution in [1.82, 2.24) is 4.31 Å². The molecule has 0 aliphatic carbocycles. The van der Waals surface area contributed by atoms with Crippen LogP contribution in [0.3, 0.4) is 0 Å². The Kier molecular flexibility index (Phi) is 5.88. The van der Waals surface area contributed by atoms with Crippen LogP contribution in [0, 0.1) is 0 Å². The largest absolute Gasteiger partial charge is 0.457 e. The molecule has 0 aliphatic heterocycles. The van der Waals surface area contributed by atoms with Crippen molar-refractivity contribution in [2.45, 2.75) is 37.7 Å². The van der Waals surface area contributed by atoms with E-state index in [0.29, 0.717) is 5.56 Å². The van der Waals surface area contributed by atoms with Crippen molar-refractivity contribution < 1.29 is 17.9 Å². The van der Waals surface area contributed by atoms with Gasteiger partial charge in [0.25, 0.3) is 0 Å². The minimum Gasteiger partial charge on any atom is -0.457 e. The third-order valence-corrected chi connectivity index (χ3v) is 5.89. The first-order valence-electron chi connectivity index (χ1n) is 8.31. The Bertz CT molecular complexity index is 862. The molecule has 0 fully saturated rings. The minimum atomic E-state index is -3.51. The van der Waals surface area contributed by atoms with Gasteiger partial charge in [-0.1, -0.05) is 45.0 Å². The lowest BCUT2D eigenvalue weighted by Gasteiger charge is -2.19. The molecule has 140 valence electrons.